The molecule has 1 N–H and O–H groups in total. The first kappa shape index (κ1) is 13.3. The number of halogens is 1. The summed E-state index contributed by atoms with van der Waals surface area (Å²) >= 11 is 0. The van der Waals surface area contributed by atoms with Crippen molar-refractivity contribution < 1.29 is 14.3 Å². The number of rotatable bonds is 5. The van der Waals surface area contributed by atoms with Crippen LogP contribution in [-0.2, 0) is 4.79 Å². The van der Waals surface area contributed by atoms with E-state index in [-0.39, 0.29) is 12.4 Å². The number of nitrogens with zero attached hydrogens (tertiary/aromatic N) is 2. The van der Waals surface area contributed by atoms with Crippen molar-refractivity contribution >= 4 is 22.6 Å². The van der Waals surface area contributed by atoms with Gasteiger partial charge < -0.3 is 10.0 Å². The van der Waals surface area contributed by atoms with Gasteiger partial charge in [0, 0.05) is 29.9 Å². The predicted molar refractivity (Wildman–Crippen MR) is 71.8 cm³/mol. The average Bonchev–Trinajstić information content (AvgIpc) is 2.36. The summed E-state index contributed by atoms with van der Waals surface area (Å²) in [4.78, 5) is 16.8. The van der Waals surface area contributed by atoms with Gasteiger partial charge in [0.15, 0.2) is 0 Å². The Hall–Kier alpha value is -2.17. The van der Waals surface area contributed by atoms with Crippen molar-refractivity contribution in [3.63, 3.8) is 0 Å². The normalized spacial score (nSPS) is 10.6. The van der Waals surface area contributed by atoms with Crippen LogP contribution in [0.4, 0.5) is 10.1 Å². The maximum atomic E-state index is 13.2. The summed E-state index contributed by atoms with van der Waals surface area (Å²) in [7, 11) is 0. The molecule has 0 saturated carbocycles. The van der Waals surface area contributed by atoms with Gasteiger partial charge in [0.25, 0.3) is 0 Å². The van der Waals surface area contributed by atoms with Gasteiger partial charge in [0.2, 0.25) is 0 Å². The van der Waals surface area contributed by atoms with Crippen molar-refractivity contribution in [2.24, 2.45) is 0 Å². The third kappa shape index (κ3) is 2.99. The molecule has 0 spiro atoms. The first-order valence-corrected chi connectivity index (χ1v) is 6.13. The molecule has 0 aliphatic carbocycles. The van der Waals surface area contributed by atoms with E-state index in [1.807, 2.05) is 6.92 Å². The molecule has 1 heterocycles. The van der Waals surface area contributed by atoms with Gasteiger partial charge in [-0.25, -0.2) is 4.39 Å². The zero-order chi connectivity index (χ0) is 13.8. The number of aromatic nitrogens is 1. The second kappa shape index (κ2) is 5.65. The van der Waals surface area contributed by atoms with E-state index < -0.39 is 5.97 Å². The lowest BCUT2D eigenvalue weighted by molar-refractivity contribution is -0.135. The van der Waals surface area contributed by atoms with Crippen LogP contribution >= 0.6 is 0 Å². The molecule has 5 heteroatoms. The van der Waals surface area contributed by atoms with Crippen LogP contribution in [0, 0.1) is 5.82 Å². The number of anilines is 1. The Balaban J connectivity index is 2.49. The number of benzene rings is 1. The zero-order valence-electron chi connectivity index (χ0n) is 10.6. The molecule has 1 aromatic heterocycles. The molecule has 0 bridgehead atoms. The molecule has 0 aliphatic heterocycles. The van der Waals surface area contributed by atoms with Crippen LogP contribution < -0.4 is 4.90 Å². The molecular formula is C14H15FN2O2. The number of fused-ring (bicyclic) bond motifs is 1. The minimum atomic E-state index is -0.888. The largest absolute Gasteiger partial charge is 0.480 e. The lowest BCUT2D eigenvalue weighted by atomic mass is 10.1. The van der Waals surface area contributed by atoms with Gasteiger partial charge in [-0.2, -0.15) is 0 Å². The molecule has 0 atom stereocenters. The van der Waals surface area contributed by atoms with Crippen LogP contribution in [0.3, 0.4) is 0 Å². The summed E-state index contributed by atoms with van der Waals surface area (Å²) in [6.45, 7) is 2.53. The Morgan fingerprint density at radius 3 is 2.89 bits per heavy atom. The highest BCUT2D eigenvalue weighted by molar-refractivity contribution is 5.92. The van der Waals surface area contributed by atoms with Crippen LogP contribution in [0.15, 0.2) is 30.5 Å². The third-order valence-corrected chi connectivity index (χ3v) is 2.84. The fourth-order valence-electron chi connectivity index (χ4n) is 2.10. The summed E-state index contributed by atoms with van der Waals surface area (Å²) < 4.78 is 13.2. The van der Waals surface area contributed by atoms with Crippen molar-refractivity contribution in [2.45, 2.75) is 13.3 Å². The molecule has 0 saturated heterocycles. The quantitative estimate of drug-likeness (QED) is 0.900. The van der Waals surface area contributed by atoms with Crippen molar-refractivity contribution in [3.8, 4) is 0 Å². The highest BCUT2D eigenvalue weighted by Crippen LogP contribution is 2.25. The topological polar surface area (TPSA) is 53.4 Å². The lowest BCUT2D eigenvalue weighted by Crippen LogP contribution is -2.30. The number of carboxylic acid groups (broad SMARTS) is 1. The Kier molecular flexibility index (Phi) is 3.94. The van der Waals surface area contributed by atoms with Crippen LogP contribution in [0.5, 0.6) is 0 Å². The van der Waals surface area contributed by atoms with Crippen LogP contribution in [0.1, 0.15) is 13.3 Å². The number of hydrogen-bond donors (Lipinski definition) is 1. The Morgan fingerprint density at radius 2 is 2.21 bits per heavy atom. The number of pyridine rings is 1. The van der Waals surface area contributed by atoms with Gasteiger partial charge in [-0.3, -0.25) is 9.78 Å². The molecule has 0 aliphatic rings. The van der Waals surface area contributed by atoms with Gasteiger partial charge >= 0.3 is 5.97 Å². The Morgan fingerprint density at radius 1 is 1.42 bits per heavy atom. The van der Waals surface area contributed by atoms with E-state index in [2.05, 4.69) is 4.98 Å². The molecular weight excluding hydrogens is 247 g/mol. The van der Waals surface area contributed by atoms with E-state index in [1.165, 1.54) is 12.1 Å². The number of carboxylic acids is 1. The van der Waals surface area contributed by atoms with Crippen molar-refractivity contribution in [3.05, 3.63) is 36.3 Å². The van der Waals surface area contributed by atoms with E-state index in [0.717, 1.165) is 17.5 Å². The van der Waals surface area contributed by atoms with E-state index in [0.29, 0.717) is 12.1 Å². The molecule has 19 heavy (non-hydrogen) atoms. The monoisotopic (exact) mass is 262 g/mol. The number of aliphatic carboxylic acids is 1. The highest BCUT2D eigenvalue weighted by Gasteiger charge is 2.13. The standard InChI is InChI=1S/C14H15FN2O2/c1-2-7-17(9-14(18)19)13-5-6-16-12-8-10(15)3-4-11(12)13/h3-6,8H,2,7,9H2,1H3,(H,18,19). The van der Waals surface area contributed by atoms with E-state index in [1.54, 1.807) is 23.2 Å². The minimum Gasteiger partial charge on any atom is -0.480 e. The first-order valence-electron chi connectivity index (χ1n) is 6.13. The molecule has 0 amide bonds. The molecule has 0 fully saturated rings. The molecule has 4 nitrogen and oxygen atoms in total. The Labute approximate surface area is 110 Å². The number of hydrogen-bond acceptors (Lipinski definition) is 3. The predicted octanol–water partition coefficient (Wildman–Crippen LogP) is 2.67. The molecule has 100 valence electrons. The molecule has 2 rings (SSSR count). The average molecular weight is 262 g/mol. The summed E-state index contributed by atoms with van der Waals surface area (Å²) in [6, 6.07) is 6.11. The number of carbonyl (C=O) groups is 1. The van der Waals surface area contributed by atoms with Crippen molar-refractivity contribution in [2.75, 3.05) is 18.0 Å². The van der Waals surface area contributed by atoms with Gasteiger partial charge in [-0.15, -0.1) is 0 Å². The van der Waals surface area contributed by atoms with Gasteiger partial charge in [0.05, 0.1) is 5.52 Å². The summed E-state index contributed by atoms with van der Waals surface area (Å²) in [5.74, 6) is -1.24. The smallest absolute Gasteiger partial charge is 0.323 e. The van der Waals surface area contributed by atoms with Gasteiger partial charge in [-0.05, 0) is 24.6 Å². The van der Waals surface area contributed by atoms with Crippen LogP contribution in [0.25, 0.3) is 10.9 Å². The third-order valence-electron chi connectivity index (χ3n) is 2.84. The SMILES string of the molecule is CCCN(CC(=O)O)c1ccnc2cc(F)ccc12. The second-order valence-corrected chi connectivity index (χ2v) is 4.31. The van der Waals surface area contributed by atoms with Crippen LogP contribution in [-0.4, -0.2) is 29.1 Å². The fourth-order valence-corrected chi connectivity index (χ4v) is 2.10. The first-order chi connectivity index (χ1) is 9.11. The highest BCUT2D eigenvalue weighted by atomic mass is 19.1. The molecule has 2 aromatic rings. The molecule has 1 aromatic carbocycles. The zero-order valence-corrected chi connectivity index (χ0v) is 10.6. The lowest BCUT2D eigenvalue weighted by Gasteiger charge is -2.23. The maximum Gasteiger partial charge on any atom is 0.323 e. The summed E-state index contributed by atoms with van der Waals surface area (Å²) in [5.41, 5.74) is 1.30. The summed E-state index contributed by atoms with van der Waals surface area (Å²) in [6.07, 6.45) is 2.40. The van der Waals surface area contributed by atoms with Gasteiger partial charge in [0.1, 0.15) is 12.4 Å². The van der Waals surface area contributed by atoms with Crippen molar-refractivity contribution in [1.82, 2.24) is 4.98 Å². The van der Waals surface area contributed by atoms with E-state index >= 15 is 0 Å². The second-order valence-electron chi connectivity index (χ2n) is 4.31. The minimum absolute atomic E-state index is 0.0790. The molecule has 0 radical (unpaired) electrons. The maximum absolute atomic E-state index is 13.2. The fraction of sp³-hybridized carbons (Fsp3) is 0.286. The summed E-state index contributed by atoms with van der Waals surface area (Å²) in [5, 5.41) is 9.73. The van der Waals surface area contributed by atoms with Crippen molar-refractivity contribution in [1.29, 1.82) is 0 Å². The van der Waals surface area contributed by atoms with Crippen LogP contribution in [0.2, 0.25) is 0 Å². The van der Waals surface area contributed by atoms with E-state index in [4.69, 9.17) is 5.11 Å². The molecule has 0 unspecified atom stereocenters. The Bertz CT molecular complexity index is 601. The van der Waals surface area contributed by atoms with Gasteiger partial charge in [-0.1, -0.05) is 6.92 Å². The van der Waals surface area contributed by atoms with E-state index in [9.17, 15) is 9.18 Å².